The Morgan fingerprint density at radius 1 is 1.41 bits per heavy atom. The van der Waals surface area contributed by atoms with E-state index in [1.165, 1.54) is 0 Å². The van der Waals surface area contributed by atoms with Gasteiger partial charge in [0.15, 0.2) is 0 Å². The number of carbonyl (C=O) groups is 1. The monoisotopic (exact) mass is 234 g/mol. The zero-order valence-electron chi connectivity index (χ0n) is 10.4. The number of methoxy groups -OCH3 is 1. The SMILES string of the molecule is COc1cc(C)ccc1C1NC(C)CNC1=O. The smallest absolute Gasteiger partial charge is 0.241 e. The standard InChI is InChI=1S/C13H18N2O2/c1-8-4-5-10(11(6-8)17-3)12-13(16)14-7-9(2)15-12/h4-6,9,12,15H,7H2,1-3H3,(H,14,16). The summed E-state index contributed by atoms with van der Waals surface area (Å²) in [5.74, 6) is 0.761. The third-order valence-corrected chi connectivity index (χ3v) is 3.00. The summed E-state index contributed by atoms with van der Waals surface area (Å²) in [6.45, 7) is 4.72. The maximum atomic E-state index is 11.9. The number of hydrogen-bond acceptors (Lipinski definition) is 3. The van der Waals surface area contributed by atoms with Crippen molar-refractivity contribution in [3.05, 3.63) is 29.3 Å². The molecule has 1 saturated heterocycles. The molecule has 1 aliphatic heterocycles. The molecule has 1 heterocycles. The molecule has 0 spiro atoms. The number of piperazine rings is 1. The van der Waals surface area contributed by atoms with Crippen LogP contribution in [0.5, 0.6) is 5.75 Å². The summed E-state index contributed by atoms with van der Waals surface area (Å²) in [7, 11) is 1.63. The highest BCUT2D eigenvalue weighted by Gasteiger charge is 2.28. The van der Waals surface area contributed by atoms with E-state index in [1.807, 2.05) is 32.0 Å². The summed E-state index contributed by atoms with van der Waals surface area (Å²) in [6.07, 6.45) is 0. The van der Waals surface area contributed by atoms with Crippen LogP contribution in [0.25, 0.3) is 0 Å². The molecule has 0 aromatic heterocycles. The van der Waals surface area contributed by atoms with Crippen LogP contribution in [0.1, 0.15) is 24.1 Å². The molecule has 4 heteroatoms. The third-order valence-electron chi connectivity index (χ3n) is 3.00. The highest BCUT2D eigenvalue weighted by Crippen LogP contribution is 2.27. The molecule has 2 unspecified atom stereocenters. The van der Waals surface area contributed by atoms with Crippen molar-refractivity contribution in [1.82, 2.24) is 10.6 Å². The largest absolute Gasteiger partial charge is 0.496 e. The number of nitrogens with one attached hydrogen (secondary N) is 2. The number of aryl methyl sites for hydroxylation is 1. The summed E-state index contributed by atoms with van der Waals surface area (Å²) in [5.41, 5.74) is 2.01. The molecule has 0 aliphatic carbocycles. The van der Waals surface area contributed by atoms with Gasteiger partial charge in [-0.3, -0.25) is 10.1 Å². The van der Waals surface area contributed by atoms with Crippen molar-refractivity contribution in [1.29, 1.82) is 0 Å². The van der Waals surface area contributed by atoms with Gasteiger partial charge in [0.05, 0.1) is 7.11 Å². The van der Waals surface area contributed by atoms with Gasteiger partial charge in [-0.15, -0.1) is 0 Å². The minimum absolute atomic E-state index is 0.00486. The molecule has 0 radical (unpaired) electrons. The van der Waals surface area contributed by atoms with Crippen molar-refractivity contribution < 1.29 is 9.53 Å². The Hall–Kier alpha value is -1.55. The average molecular weight is 234 g/mol. The van der Waals surface area contributed by atoms with Gasteiger partial charge in [0, 0.05) is 18.2 Å². The van der Waals surface area contributed by atoms with E-state index in [2.05, 4.69) is 10.6 Å². The Morgan fingerprint density at radius 3 is 2.88 bits per heavy atom. The molecule has 92 valence electrons. The molecule has 2 rings (SSSR count). The normalized spacial score (nSPS) is 24.3. The van der Waals surface area contributed by atoms with E-state index in [-0.39, 0.29) is 18.0 Å². The summed E-state index contributed by atoms with van der Waals surface area (Å²) in [4.78, 5) is 11.9. The summed E-state index contributed by atoms with van der Waals surface area (Å²) in [5, 5.41) is 6.17. The molecule has 1 aliphatic rings. The first-order chi connectivity index (χ1) is 8.11. The molecule has 1 aromatic rings. The molecule has 0 saturated carbocycles. The molecule has 2 N–H and O–H groups in total. The summed E-state index contributed by atoms with van der Waals surface area (Å²) >= 11 is 0. The molecular weight excluding hydrogens is 216 g/mol. The van der Waals surface area contributed by atoms with Crippen molar-refractivity contribution in [3.63, 3.8) is 0 Å². The maximum absolute atomic E-state index is 11.9. The first kappa shape index (κ1) is 11.9. The van der Waals surface area contributed by atoms with Gasteiger partial charge < -0.3 is 10.1 Å². The van der Waals surface area contributed by atoms with E-state index in [0.717, 1.165) is 16.9 Å². The topological polar surface area (TPSA) is 50.4 Å². The summed E-state index contributed by atoms with van der Waals surface area (Å²) in [6, 6.07) is 5.83. The lowest BCUT2D eigenvalue weighted by atomic mass is 10.00. The lowest BCUT2D eigenvalue weighted by Gasteiger charge is -2.29. The van der Waals surface area contributed by atoms with Crippen LogP contribution in [0.15, 0.2) is 18.2 Å². The first-order valence-electron chi connectivity index (χ1n) is 5.80. The van der Waals surface area contributed by atoms with Gasteiger partial charge in [-0.1, -0.05) is 12.1 Å². The minimum atomic E-state index is -0.325. The Kier molecular flexibility index (Phi) is 3.33. The predicted molar refractivity (Wildman–Crippen MR) is 66.1 cm³/mol. The van der Waals surface area contributed by atoms with Crippen LogP contribution in [0.3, 0.4) is 0 Å². The maximum Gasteiger partial charge on any atom is 0.241 e. The van der Waals surface area contributed by atoms with E-state index in [0.29, 0.717) is 6.54 Å². The van der Waals surface area contributed by atoms with Gasteiger partial charge in [0.2, 0.25) is 5.91 Å². The molecule has 1 aromatic carbocycles. The Balaban J connectivity index is 2.34. The first-order valence-corrected chi connectivity index (χ1v) is 5.80. The summed E-state index contributed by atoms with van der Waals surface area (Å²) < 4.78 is 5.34. The van der Waals surface area contributed by atoms with Crippen LogP contribution >= 0.6 is 0 Å². The van der Waals surface area contributed by atoms with E-state index in [9.17, 15) is 4.79 Å². The van der Waals surface area contributed by atoms with Gasteiger partial charge in [0.25, 0.3) is 0 Å². The quantitative estimate of drug-likeness (QED) is 0.807. The number of hydrogen-bond donors (Lipinski definition) is 2. The van der Waals surface area contributed by atoms with Crippen LogP contribution < -0.4 is 15.4 Å². The van der Waals surface area contributed by atoms with Crippen LogP contribution in [0.4, 0.5) is 0 Å². The molecule has 17 heavy (non-hydrogen) atoms. The highest BCUT2D eigenvalue weighted by atomic mass is 16.5. The average Bonchev–Trinajstić information content (AvgIpc) is 2.32. The second-order valence-electron chi connectivity index (χ2n) is 4.49. The molecule has 4 nitrogen and oxygen atoms in total. The van der Waals surface area contributed by atoms with Crippen LogP contribution in [0, 0.1) is 6.92 Å². The Morgan fingerprint density at radius 2 is 2.18 bits per heavy atom. The highest BCUT2D eigenvalue weighted by molar-refractivity contribution is 5.84. The van der Waals surface area contributed by atoms with Gasteiger partial charge in [-0.05, 0) is 25.5 Å². The zero-order valence-corrected chi connectivity index (χ0v) is 10.4. The van der Waals surface area contributed by atoms with Crippen molar-refractivity contribution in [2.24, 2.45) is 0 Å². The second-order valence-corrected chi connectivity index (χ2v) is 4.49. The van der Waals surface area contributed by atoms with E-state index in [1.54, 1.807) is 7.11 Å². The molecule has 1 fully saturated rings. The second kappa shape index (κ2) is 4.75. The predicted octanol–water partition coefficient (Wildman–Crippen LogP) is 1.15. The van der Waals surface area contributed by atoms with E-state index in [4.69, 9.17) is 4.74 Å². The van der Waals surface area contributed by atoms with Crippen molar-refractivity contribution in [2.45, 2.75) is 25.9 Å². The van der Waals surface area contributed by atoms with Crippen LogP contribution in [0.2, 0.25) is 0 Å². The van der Waals surface area contributed by atoms with Crippen molar-refractivity contribution in [2.75, 3.05) is 13.7 Å². The number of ether oxygens (including phenoxy) is 1. The van der Waals surface area contributed by atoms with Gasteiger partial charge in [-0.2, -0.15) is 0 Å². The van der Waals surface area contributed by atoms with E-state index < -0.39 is 0 Å². The lowest BCUT2D eigenvalue weighted by Crippen LogP contribution is -2.52. The zero-order chi connectivity index (χ0) is 12.4. The fraction of sp³-hybridized carbons (Fsp3) is 0.462. The fourth-order valence-electron chi connectivity index (χ4n) is 2.06. The van der Waals surface area contributed by atoms with Gasteiger partial charge in [0.1, 0.15) is 11.8 Å². The Bertz CT molecular complexity index is 431. The van der Waals surface area contributed by atoms with Crippen LogP contribution in [-0.2, 0) is 4.79 Å². The van der Waals surface area contributed by atoms with Gasteiger partial charge in [-0.25, -0.2) is 0 Å². The fourth-order valence-corrected chi connectivity index (χ4v) is 2.06. The van der Waals surface area contributed by atoms with Crippen molar-refractivity contribution in [3.8, 4) is 5.75 Å². The van der Waals surface area contributed by atoms with E-state index >= 15 is 0 Å². The van der Waals surface area contributed by atoms with Gasteiger partial charge >= 0.3 is 0 Å². The third kappa shape index (κ3) is 2.42. The number of benzene rings is 1. The lowest BCUT2D eigenvalue weighted by molar-refractivity contribution is -0.125. The Labute approximate surface area is 101 Å². The molecular formula is C13H18N2O2. The van der Waals surface area contributed by atoms with Crippen LogP contribution in [-0.4, -0.2) is 25.6 Å². The molecule has 0 bridgehead atoms. The molecule has 1 amide bonds. The minimum Gasteiger partial charge on any atom is -0.496 e. The van der Waals surface area contributed by atoms with Crippen molar-refractivity contribution >= 4 is 5.91 Å². The number of rotatable bonds is 2. The number of amides is 1. The number of carbonyl (C=O) groups excluding carboxylic acids is 1. The molecule has 2 atom stereocenters.